The van der Waals surface area contributed by atoms with Gasteiger partial charge in [0.05, 0.1) is 19.3 Å². The fraction of sp³-hybridized carbons (Fsp3) is 0.800. The van der Waals surface area contributed by atoms with Gasteiger partial charge in [-0.3, -0.25) is 9.59 Å². The molecule has 0 amide bonds. The standard InChI is InChI=1S/C20H36O5/c1-8-17(21)19(4,5)24-13-11-9-10-12-18(22)20(6,7)25-15-14-23-16(2)3/h8,16H,1,9-15H2,2-7H3. The first kappa shape index (κ1) is 24.0. The van der Waals surface area contributed by atoms with Crippen molar-refractivity contribution in [3.63, 3.8) is 0 Å². The number of carbonyl (C=O) groups is 2. The second-order valence-electron chi connectivity index (χ2n) is 7.44. The molecular formula is C20H36O5. The molecule has 0 unspecified atom stereocenters. The van der Waals surface area contributed by atoms with Gasteiger partial charge < -0.3 is 14.2 Å². The van der Waals surface area contributed by atoms with E-state index in [9.17, 15) is 9.59 Å². The SMILES string of the molecule is C=CC(=O)C(C)(C)OCCCCCC(=O)C(C)(C)OCCOC(C)C. The Bertz CT molecular complexity index is 424. The minimum absolute atomic E-state index is 0.0973. The van der Waals surface area contributed by atoms with Crippen molar-refractivity contribution in [1.82, 2.24) is 0 Å². The molecule has 0 atom stereocenters. The van der Waals surface area contributed by atoms with E-state index in [2.05, 4.69) is 6.58 Å². The normalized spacial score (nSPS) is 12.4. The van der Waals surface area contributed by atoms with Gasteiger partial charge in [-0.25, -0.2) is 0 Å². The maximum Gasteiger partial charge on any atom is 0.186 e. The van der Waals surface area contributed by atoms with Crippen molar-refractivity contribution < 1.29 is 23.8 Å². The largest absolute Gasteiger partial charge is 0.376 e. The van der Waals surface area contributed by atoms with E-state index < -0.39 is 11.2 Å². The molecule has 0 saturated heterocycles. The number of rotatable bonds is 15. The van der Waals surface area contributed by atoms with Crippen molar-refractivity contribution >= 4 is 11.6 Å². The number of unbranched alkanes of at least 4 members (excludes halogenated alkanes) is 2. The first-order valence-corrected chi connectivity index (χ1v) is 9.12. The second-order valence-corrected chi connectivity index (χ2v) is 7.44. The smallest absolute Gasteiger partial charge is 0.186 e. The third-order valence-electron chi connectivity index (χ3n) is 3.96. The molecule has 146 valence electrons. The topological polar surface area (TPSA) is 61.8 Å². The van der Waals surface area contributed by atoms with Crippen molar-refractivity contribution in [2.45, 2.75) is 84.5 Å². The molecule has 0 aliphatic carbocycles. The predicted octanol–water partition coefficient (Wildman–Crippen LogP) is 3.89. The quantitative estimate of drug-likeness (QED) is 0.329. The van der Waals surface area contributed by atoms with E-state index in [1.165, 1.54) is 6.08 Å². The van der Waals surface area contributed by atoms with Crippen LogP contribution in [0, 0.1) is 0 Å². The Labute approximate surface area is 153 Å². The summed E-state index contributed by atoms with van der Waals surface area (Å²) in [5.41, 5.74) is -1.61. The molecule has 25 heavy (non-hydrogen) atoms. The molecule has 0 aromatic rings. The van der Waals surface area contributed by atoms with Crippen LogP contribution in [0.2, 0.25) is 0 Å². The van der Waals surface area contributed by atoms with Crippen molar-refractivity contribution in [1.29, 1.82) is 0 Å². The summed E-state index contributed by atoms with van der Waals surface area (Å²) >= 11 is 0. The number of hydrogen-bond donors (Lipinski definition) is 0. The summed E-state index contributed by atoms with van der Waals surface area (Å²) in [7, 11) is 0. The zero-order chi connectivity index (χ0) is 19.5. The Hall–Kier alpha value is -1.04. The number of Topliss-reactive ketones (excluding diaryl/α,β-unsaturated/α-hetero) is 1. The van der Waals surface area contributed by atoms with E-state index in [1.54, 1.807) is 27.7 Å². The second kappa shape index (κ2) is 11.6. The fourth-order valence-corrected chi connectivity index (χ4v) is 2.17. The van der Waals surface area contributed by atoms with Crippen LogP contribution in [0.15, 0.2) is 12.7 Å². The zero-order valence-corrected chi connectivity index (χ0v) is 16.9. The Morgan fingerprint density at radius 3 is 2.08 bits per heavy atom. The van der Waals surface area contributed by atoms with E-state index in [1.807, 2.05) is 13.8 Å². The molecule has 0 aromatic heterocycles. The van der Waals surface area contributed by atoms with Gasteiger partial charge in [0.15, 0.2) is 11.6 Å². The van der Waals surface area contributed by atoms with Crippen LogP contribution in [-0.4, -0.2) is 48.7 Å². The maximum atomic E-state index is 12.3. The van der Waals surface area contributed by atoms with E-state index in [0.717, 1.165) is 19.3 Å². The molecule has 0 radical (unpaired) electrons. The first-order chi connectivity index (χ1) is 11.5. The Balaban J connectivity index is 3.91. The number of hydrogen-bond acceptors (Lipinski definition) is 5. The summed E-state index contributed by atoms with van der Waals surface area (Å²) in [6, 6.07) is 0. The van der Waals surface area contributed by atoms with Gasteiger partial charge in [-0.15, -0.1) is 0 Å². The summed E-state index contributed by atoms with van der Waals surface area (Å²) in [6.07, 6.45) is 4.39. The van der Waals surface area contributed by atoms with Crippen molar-refractivity contribution in [3.8, 4) is 0 Å². The third kappa shape index (κ3) is 10.5. The molecule has 0 aromatic carbocycles. The lowest BCUT2D eigenvalue weighted by atomic mass is 9.98. The average molecular weight is 357 g/mol. The van der Waals surface area contributed by atoms with E-state index in [-0.39, 0.29) is 17.7 Å². The number of ketones is 2. The molecule has 0 saturated carbocycles. The highest BCUT2D eigenvalue weighted by Crippen LogP contribution is 2.16. The van der Waals surface area contributed by atoms with E-state index in [4.69, 9.17) is 14.2 Å². The van der Waals surface area contributed by atoms with Crippen LogP contribution in [0.1, 0.15) is 67.2 Å². The highest BCUT2D eigenvalue weighted by Gasteiger charge is 2.28. The van der Waals surface area contributed by atoms with Crippen LogP contribution >= 0.6 is 0 Å². The van der Waals surface area contributed by atoms with Crippen LogP contribution in [0.4, 0.5) is 0 Å². The molecule has 5 heteroatoms. The molecule has 0 bridgehead atoms. The summed E-state index contributed by atoms with van der Waals surface area (Å²) in [6.45, 7) is 15.9. The lowest BCUT2D eigenvalue weighted by Gasteiger charge is -2.24. The van der Waals surface area contributed by atoms with Gasteiger partial charge in [0.2, 0.25) is 0 Å². The van der Waals surface area contributed by atoms with Crippen LogP contribution in [0.5, 0.6) is 0 Å². The van der Waals surface area contributed by atoms with Gasteiger partial charge in [0, 0.05) is 13.0 Å². The molecule has 0 rings (SSSR count). The number of carbonyl (C=O) groups excluding carboxylic acids is 2. The highest BCUT2D eigenvalue weighted by atomic mass is 16.5. The predicted molar refractivity (Wildman–Crippen MR) is 99.8 cm³/mol. The molecule has 0 aliphatic rings. The minimum Gasteiger partial charge on any atom is -0.376 e. The average Bonchev–Trinajstić information content (AvgIpc) is 2.53. The molecular weight excluding hydrogens is 320 g/mol. The summed E-state index contributed by atoms with van der Waals surface area (Å²) in [4.78, 5) is 23.8. The third-order valence-corrected chi connectivity index (χ3v) is 3.96. The molecule has 0 heterocycles. The molecule has 0 N–H and O–H groups in total. The summed E-state index contributed by atoms with van der Waals surface area (Å²) in [5.74, 6) is -0.0249. The molecule has 0 fully saturated rings. The summed E-state index contributed by atoms with van der Waals surface area (Å²) in [5, 5.41) is 0. The molecule has 0 spiro atoms. The van der Waals surface area contributed by atoms with Crippen molar-refractivity contribution in [2.24, 2.45) is 0 Å². The maximum absolute atomic E-state index is 12.3. The first-order valence-electron chi connectivity index (χ1n) is 9.12. The highest BCUT2D eigenvalue weighted by molar-refractivity contribution is 5.95. The fourth-order valence-electron chi connectivity index (χ4n) is 2.17. The van der Waals surface area contributed by atoms with Crippen LogP contribution in [0.25, 0.3) is 0 Å². The van der Waals surface area contributed by atoms with Crippen LogP contribution in [0.3, 0.4) is 0 Å². The molecule has 0 aliphatic heterocycles. The zero-order valence-electron chi connectivity index (χ0n) is 16.9. The van der Waals surface area contributed by atoms with E-state index in [0.29, 0.717) is 26.2 Å². The molecule has 5 nitrogen and oxygen atoms in total. The Morgan fingerprint density at radius 1 is 0.920 bits per heavy atom. The van der Waals surface area contributed by atoms with Gasteiger partial charge in [0.1, 0.15) is 11.2 Å². The van der Waals surface area contributed by atoms with Crippen LogP contribution in [-0.2, 0) is 23.8 Å². The van der Waals surface area contributed by atoms with Crippen LogP contribution < -0.4 is 0 Å². The summed E-state index contributed by atoms with van der Waals surface area (Å²) < 4.78 is 16.7. The lowest BCUT2D eigenvalue weighted by molar-refractivity contribution is -0.142. The van der Waals surface area contributed by atoms with Gasteiger partial charge in [-0.2, -0.15) is 0 Å². The Morgan fingerprint density at radius 2 is 1.52 bits per heavy atom. The monoisotopic (exact) mass is 356 g/mol. The lowest BCUT2D eigenvalue weighted by Crippen LogP contribution is -2.36. The van der Waals surface area contributed by atoms with Gasteiger partial charge >= 0.3 is 0 Å². The van der Waals surface area contributed by atoms with Crippen molar-refractivity contribution in [2.75, 3.05) is 19.8 Å². The van der Waals surface area contributed by atoms with Gasteiger partial charge in [-0.05, 0) is 60.5 Å². The van der Waals surface area contributed by atoms with Gasteiger partial charge in [0.25, 0.3) is 0 Å². The van der Waals surface area contributed by atoms with Crippen molar-refractivity contribution in [3.05, 3.63) is 12.7 Å². The van der Waals surface area contributed by atoms with Gasteiger partial charge in [-0.1, -0.05) is 13.0 Å². The Kier molecular flexibility index (Phi) is 11.1. The van der Waals surface area contributed by atoms with E-state index >= 15 is 0 Å². The number of ether oxygens (including phenoxy) is 3. The minimum atomic E-state index is -0.828.